The van der Waals surface area contributed by atoms with Crippen LogP contribution in [0.15, 0.2) is 36.5 Å². The monoisotopic (exact) mass is 446 g/mol. The van der Waals surface area contributed by atoms with Crippen molar-refractivity contribution >= 4 is 11.8 Å². The molecular formula is C26H30N4O3. The third kappa shape index (κ3) is 4.40. The summed E-state index contributed by atoms with van der Waals surface area (Å²) in [5.41, 5.74) is 6.93. The summed E-state index contributed by atoms with van der Waals surface area (Å²) < 4.78 is 11.1. The minimum absolute atomic E-state index is 0.278. The van der Waals surface area contributed by atoms with Crippen LogP contribution in [0.5, 0.6) is 5.88 Å². The molecule has 172 valence electrons. The van der Waals surface area contributed by atoms with E-state index in [-0.39, 0.29) is 6.61 Å². The molecule has 0 spiro atoms. The zero-order valence-electron chi connectivity index (χ0n) is 19.8. The van der Waals surface area contributed by atoms with Crippen molar-refractivity contribution in [1.29, 1.82) is 0 Å². The van der Waals surface area contributed by atoms with Crippen LogP contribution < -0.4 is 10.1 Å². The average molecular weight is 447 g/mol. The first-order valence-electron chi connectivity index (χ1n) is 11.5. The summed E-state index contributed by atoms with van der Waals surface area (Å²) >= 11 is 0. The van der Waals surface area contributed by atoms with Gasteiger partial charge < -0.3 is 14.8 Å². The number of rotatable bonds is 7. The number of carbonyl (C=O) groups is 1. The maximum Gasteiger partial charge on any atom is 0.349 e. The summed E-state index contributed by atoms with van der Waals surface area (Å²) in [6, 6.07) is 9.65. The van der Waals surface area contributed by atoms with Gasteiger partial charge in [-0.2, -0.15) is 0 Å². The molecule has 0 unspecified atom stereocenters. The number of pyridine rings is 1. The minimum Gasteiger partial charge on any atom is -0.463 e. The van der Waals surface area contributed by atoms with Crippen LogP contribution in [0.2, 0.25) is 0 Å². The van der Waals surface area contributed by atoms with Gasteiger partial charge in [0.15, 0.2) is 0 Å². The molecule has 1 aliphatic rings. The molecule has 0 amide bonds. The average Bonchev–Trinajstić information content (AvgIpc) is 3.18. The third-order valence-electron chi connectivity index (χ3n) is 5.84. The maximum absolute atomic E-state index is 12.6. The van der Waals surface area contributed by atoms with E-state index in [1.165, 1.54) is 11.1 Å². The fraction of sp³-hybridized carbons (Fsp3) is 0.385. The summed E-state index contributed by atoms with van der Waals surface area (Å²) in [5.74, 6) is 0.658. The van der Waals surface area contributed by atoms with Crippen LogP contribution >= 0.6 is 0 Å². The first-order valence-corrected chi connectivity index (χ1v) is 11.5. The van der Waals surface area contributed by atoms with E-state index in [0.29, 0.717) is 18.1 Å². The zero-order valence-corrected chi connectivity index (χ0v) is 19.8. The van der Waals surface area contributed by atoms with Gasteiger partial charge in [-0.05, 0) is 51.3 Å². The second-order valence-electron chi connectivity index (χ2n) is 8.15. The lowest BCUT2D eigenvalue weighted by molar-refractivity contribution is -0.151. The van der Waals surface area contributed by atoms with E-state index < -0.39 is 18.1 Å². The molecular weight excluding hydrogens is 416 g/mol. The van der Waals surface area contributed by atoms with Gasteiger partial charge in [-0.15, -0.1) is 0 Å². The highest BCUT2D eigenvalue weighted by Crippen LogP contribution is 2.38. The Labute approximate surface area is 194 Å². The molecule has 0 radical (unpaired) electrons. The number of benzene rings is 1. The zero-order chi connectivity index (χ0) is 23.5. The molecule has 3 heterocycles. The van der Waals surface area contributed by atoms with Crippen LogP contribution in [0.3, 0.4) is 0 Å². The lowest BCUT2D eigenvalue weighted by Crippen LogP contribution is -2.35. The normalized spacial score (nSPS) is 16.8. The van der Waals surface area contributed by atoms with E-state index in [0.717, 1.165) is 34.6 Å². The Kier molecular flexibility index (Phi) is 6.58. The molecule has 3 aromatic rings. The standard InChI is InChI=1S/C26H30N4O3/c1-6-19-21(17-12-11-15(4)14-16(17)5)28-20(7-2)24(29-19)30-22-18-10-9-13-27-25(18)33-23(22)26(31)32-8-3/h9-14,22-23H,6-8H2,1-5H3,(H,29,30)/t22-,23+/m1/s1. The van der Waals surface area contributed by atoms with E-state index >= 15 is 0 Å². The number of hydrogen-bond donors (Lipinski definition) is 1. The molecule has 0 saturated carbocycles. The molecule has 7 nitrogen and oxygen atoms in total. The molecule has 33 heavy (non-hydrogen) atoms. The van der Waals surface area contributed by atoms with Crippen molar-refractivity contribution < 1.29 is 14.3 Å². The lowest BCUT2D eigenvalue weighted by atomic mass is 10.00. The molecule has 7 heteroatoms. The van der Waals surface area contributed by atoms with E-state index in [2.05, 4.69) is 56.2 Å². The third-order valence-corrected chi connectivity index (χ3v) is 5.84. The highest BCUT2D eigenvalue weighted by Gasteiger charge is 2.42. The van der Waals surface area contributed by atoms with Crippen molar-refractivity contribution in [3.8, 4) is 17.1 Å². The van der Waals surface area contributed by atoms with Crippen molar-refractivity contribution in [3.63, 3.8) is 0 Å². The van der Waals surface area contributed by atoms with E-state index in [9.17, 15) is 4.79 Å². The van der Waals surface area contributed by atoms with Crippen LogP contribution in [0, 0.1) is 13.8 Å². The summed E-state index contributed by atoms with van der Waals surface area (Å²) in [7, 11) is 0. The lowest BCUT2D eigenvalue weighted by Gasteiger charge is -2.22. The molecule has 1 aliphatic heterocycles. The first-order chi connectivity index (χ1) is 16.0. The Bertz CT molecular complexity index is 1180. The predicted octanol–water partition coefficient (Wildman–Crippen LogP) is 4.76. The number of ether oxygens (including phenoxy) is 2. The Morgan fingerprint density at radius 3 is 2.58 bits per heavy atom. The summed E-state index contributed by atoms with van der Waals surface area (Å²) in [4.78, 5) is 26.9. The van der Waals surface area contributed by atoms with Crippen molar-refractivity contribution in [2.75, 3.05) is 11.9 Å². The van der Waals surface area contributed by atoms with Crippen LogP contribution in [-0.4, -0.2) is 33.6 Å². The van der Waals surface area contributed by atoms with Crippen LogP contribution in [0.25, 0.3) is 11.3 Å². The summed E-state index contributed by atoms with van der Waals surface area (Å²) in [6.07, 6.45) is 2.23. The van der Waals surface area contributed by atoms with Gasteiger partial charge in [-0.25, -0.2) is 19.7 Å². The Morgan fingerprint density at radius 1 is 1.09 bits per heavy atom. The fourth-order valence-electron chi connectivity index (χ4n) is 4.21. The molecule has 1 N–H and O–H groups in total. The highest BCUT2D eigenvalue weighted by atomic mass is 16.6. The largest absolute Gasteiger partial charge is 0.463 e. The van der Waals surface area contributed by atoms with Gasteiger partial charge in [0, 0.05) is 17.3 Å². The second kappa shape index (κ2) is 9.57. The van der Waals surface area contributed by atoms with Gasteiger partial charge in [-0.3, -0.25) is 0 Å². The molecule has 0 saturated heterocycles. The van der Waals surface area contributed by atoms with Crippen LogP contribution in [0.1, 0.15) is 54.9 Å². The maximum atomic E-state index is 12.6. The number of nitrogens with one attached hydrogen (secondary N) is 1. The Hall–Kier alpha value is -3.48. The number of aryl methyl sites for hydroxylation is 4. The molecule has 0 bridgehead atoms. The first kappa shape index (κ1) is 22.7. The SMILES string of the molecule is CCOC(=O)[C@H]1Oc2ncccc2[C@H]1Nc1nc(CC)c(-c2ccc(C)cc2C)nc1CC. The second-order valence-corrected chi connectivity index (χ2v) is 8.15. The Morgan fingerprint density at radius 2 is 1.88 bits per heavy atom. The van der Waals surface area contributed by atoms with Crippen LogP contribution in [0.4, 0.5) is 5.82 Å². The molecule has 2 atom stereocenters. The van der Waals surface area contributed by atoms with Crippen molar-refractivity contribution in [2.45, 2.75) is 59.6 Å². The fourth-order valence-corrected chi connectivity index (χ4v) is 4.21. The van der Waals surface area contributed by atoms with Crippen LogP contribution in [-0.2, 0) is 22.4 Å². The number of hydrogen-bond acceptors (Lipinski definition) is 7. The van der Waals surface area contributed by atoms with E-state index in [1.807, 2.05) is 12.1 Å². The quantitative estimate of drug-likeness (QED) is 0.524. The van der Waals surface area contributed by atoms with E-state index in [4.69, 9.17) is 19.4 Å². The summed E-state index contributed by atoms with van der Waals surface area (Å²) in [6.45, 7) is 10.4. The minimum atomic E-state index is -0.842. The van der Waals surface area contributed by atoms with Crippen molar-refractivity contribution in [3.05, 3.63) is 64.6 Å². The molecule has 4 rings (SSSR count). The van der Waals surface area contributed by atoms with Gasteiger partial charge in [0.25, 0.3) is 0 Å². The predicted molar refractivity (Wildman–Crippen MR) is 127 cm³/mol. The molecule has 1 aromatic carbocycles. The number of nitrogens with zero attached hydrogens (tertiary/aromatic N) is 3. The van der Waals surface area contributed by atoms with Gasteiger partial charge in [0.05, 0.1) is 23.7 Å². The molecule has 0 aliphatic carbocycles. The number of anilines is 1. The van der Waals surface area contributed by atoms with Gasteiger partial charge >= 0.3 is 5.97 Å². The van der Waals surface area contributed by atoms with Gasteiger partial charge in [0.2, 0.25) is 12.0 Å². The van der Waals surface area contributed by atoms with Crippen molar-refractivity contribution in [1.82, 2.24) is 15.0 Å². The number of carbonyl (C=O) groups excluding carboxylic acids is 1. The number of fused-ring (bicyclic) bond motifs is 1. The van der Waals surface area contributed by atoms with E-state index in [1.54, 1.807) is 13.1 Å². The Balaban J connectivity index is 1.76. The summed E-state index contributed by atoms with van der Waals surface area (Å²) in [5, 5.41) is 3.44. The topological polar surface area (TPSA) is 86.2 Å². The van der Waals surface area contributed by atoms with Crippen molar-refractivity contribution in [2.24, 2.45) is 0 Å². The molecule has 0 fully saturated rings. The molecule has 2 aromatic heterocycles. The number of esters is 1. The van der Waals surface area contributed by atoms with Gasteiger partial charge in [-0.1, -0.05) is 37.6 Å². The van der Waals surface area contributed by atoms with Gasteiger partial charge in [0.1, 0.15) is 11.9 Å². The number of aromatic nitrogens is 3. The smallest absolute Gasteiger partial charge is 0.349 e. The highest BCUT2D eigenvalue weighted by molar-refractivity contribution is 5.79.